The summed E-state index contributed by atoms with van der Waals surface area (Å²) < 4.78 is 0. The molecule has 0 aliphatic heterocycles. The van der Waals surface area contributed by atoms with E-state index in [1.807, 2.05) is 0 Å². The lowest BCUT2D eigenvalue weighted by molar-refractivity contribution is -0.122. The van der Waals surface area contributed by atoms with E-state index < -0.39 is 0 Å². The van der Waals surface area contributed by atoms with E-state index in [0.29, 0.717) is 22.9 Å². The second-order valence-electron chi connectivity index (χ2n) is 4.44. The molecule has 20 heavy (non-hydrogen) atoms. The van der Waals surface area contributed by atoms with E-state index in [4.69, 9.17) is 17.3 Å². The number of hydrogen-bond acceptors (Lipinski definition) is 4. The smallest absolute Gasteiger partial charge is 0.233 e. The molecule has 4 N–H and O–H groups in total. The Hall–Kier alpha value is -1.79. The lowest BCUT2D eigenvalue weighted by atomic mass is 10.2. The molecule has 0 bridgehead atoms. The van der Waals surface area contributed by atoms with E-state index in [9.17, 15) is 9.59 Å². The molecular weight excluding hydrogens is 280 g/mol. The van der Waals surface area contributed by atoms with Crippen LogP contribution in [0.5, 0.6) is 0 Å². The van der Waals surface area contributed by atoms with E-state index in [1.165, 1.54) is 0 Å². The molecule has 2 amide bonds. The Balaban J connectivity index is 2.44. The number of carbonyl (C=O) groups is 2. The third-order valence-electron chi connectivity index (χ3n) is 2.70. The molecule has 0 aliphatic carbocycles. The van der Waals surface area contributed by atoms with Gasteiger partial charge in [0, 0.05) is 25.0 Å². The molecule has 0 unspecified atom stereocenters. The van der Waals surface area contributed by atoms with Crippen molar-refractivity contribution in [3.63, 3.8) is 0 Å². The van der Waals surface area contributed by atoms with Crippen LogP contribution in [-0.4, -0.2) is 43.9 Å². The van der Waals surface area contributed by atoms with Crippen LogP contribution < -0.4 is 16.4 Å². The van der Waals surface area contributed by atoms with Gasteiger partial charge in [-0.1, -0.05) is 11.6 Å². The van der Waals surface area contributed by atoms with Gasteiger partial charge in [-0.3, -0.25) is 14.5 Å². The van der Waals surface area contributed by atoms with Crippen LogP contribution in [0, 0.1) is 0 Å². The summed E-state index contributed by atoms with van der Waals surface area (Å²) in [4.78, 5) is 24.7. The van der Waals surface area contributed by atoms with Crippen molar-refractivity contribution >= 4 is 34.8 Å². The van der Waals surface area contributed by atoms with Crippen molar-refractivity contribution in [2.24, 2.45) is 0 Å². The Kier molecular flexibility index (Phi) is 6.27. The van der Waals surface area contributed by atoms with Crippen molar-refractivity contribution in [2.45, 2.75) is 6.42 Å². The van der Waals surface area contributed by atoms with Crippen molar-refractivity contribution in [3.8, 4) is 0 Å². The summed E-state index contributed by atoms with van der Waals surface area (Å²) in [6.45, 7) is 0.725. The third-order valence-corrected chi connectivity index (χ3v) is 2.94. The van der Waals surface area contributed by atoms with Crippen molar-refractivity contribution in [2.75, 3.05) is 38.2 Å². The maximum Gasteiger partial charge on any atom is 0.233 e. The van der Waals surface area contributed by atoms with Gasteiger partial charge in [0.2, 0.25) is 11.8 Å². The molecule has 110 valence electrons. The highest BCUT2D eigenvalue weighted by atomic mass is 35.5. The van der Waals surface area contributed by atoms with Crippen LogP contribution >= 0.6 is 11.6 Å². The molecule has 1 rings (SSSR count). The first kappa shape index (κ1) is 16.3. The summed E-state index contributed by atoms with van der Waals surface area (Å²) in [7, 11) is 3.35. The third kappa shape index (κ3) is 5.46. The number of benzene rings is 1. The Morgan fingerprint density at radius 1 is 1.35 bits per heavy atom. The summed E-state index contributed by atoms with van der Waals surface area (Å²) in [5.74, 6) is -0.269. The number of rotatable bonds is 6. The second-order valence-corrected chi connectivity index (χ2v) is 4.88. The van der Waals surface area contributed by atoms with Gasteiger partial charge in [0.1, 0.15) is 0 Å². The van der Waals surface area contributed by atoms with Gasteiger partial charge in [0.05, 0.1) is 17.9 Å². The van der Waals surface area contributed by atoms with Crippen molar-refractivity contribution in [1.82, 2.24) is 10.2 Å². The van der Waals surface area contributed by atoms with E-state index in [0.717, 1.165) is 0 Å². The van der Waals surface area contributed by atoms with Gasteiger partial charge in [-0.05, 0) is 25.2 Å². The molecule has 0 spiro atoms. The quantitative estimate of drug-likeness (QED) is 0.682. The predicted octanol–water partition coefficient (Wildman–Crippen LogP) is 0.929. The molecule has 1 aromatic carbocycles. The second kappa shape index (κ2) is 7.72. The van der Waals surface area contributed by atoms with Crippen LogP contribution in [0.4, 0.5) is 11.4 Å². The largest absolute Gasteiger partial charge is 0.397 e. The van der Waals surface area contributed by atoms with Crippen molar-refractivity contribution in [1.29, 1.82) is 0 Å². The first-order valence-corrected chi connectivity index (χ1v) is 6.54. The van der Waals surface area contributed by atoms with Crippen molar-refractivity contribution in [3.05, 3.63) is 23.2 Å². The molecule has 0 aromatic heterocycles. The van der Waals surface area contributed by atoms with E-state index >= 15 is 0 Å². The Labute approximate surface area is 123 Å². The lowest BCUT2D eigenvalue weighted by Crippen LogP contribution is -2.34. The average Bonchev–Trinajstić information content (AvgIpc) is 2.40. The van der Waals surface area contributed by atoms with Crippen molar-refractivity contribution < 1.29 is 9.59 Å². The zero-order valence-corrected chi connectivity index (χ0v) is 12.3. The van der Waals surface area contributed by atoms with E-state index in [2.05, 4.69) is 10.6 Å². The summed E-state index contributed by atoms with van der Waals surface area (Å²) in [5.41, 5.74) is 6.70. The highest BCUT2D eigenvalue weighted by Crippen LogP contribution is 2.22. The van der Waals surface area contributed by atoms with Crippen LogP contribution in [0.25, 0.3) is 0 Å². The SMILES string of the molecule is CNC(=O)CN(C)CCC(=O)Nc1cc(Cl)ccc1N. The number of halogens is 1. The fourth-order valence-electron chi connectivity index (χ4n) is 1.55. The minimum Gasteiger partial charge on any atom is -0.397 e. The molecule has 0 aliphatic rings. The lowest BCUT2D eigenvalue weighted by Gasteiger charge is -2.15. The van der Waals surface area contributed by atoms with E-state index in [-0.39, 0.29) is 24.8 Å². The number of nitrogens with one attached hydrogen (secondary N) is 2. The predicted molar refractivity (Wildman–Crippen MR) is 80.7 cm³/mol. The number of nitrogens with two attached hydrogens (primary N) is 1. The molecule has 0 atom stereocenters. The summed E-state index contributed by atoms with van der Waals surface area (Å²) >= 11 is 5.84. The minimum atomic E-state index is -0.178. The van der Waals surface area contributed by atoms with Gasteiger partial charge in [-0.2, -0.15) is 0 Å². The molecule has 0 radical (unpaired) electrons. The number of anilines is 2. The fourth-order valence-corrected chi connectivity index (χ4v) is 1.72. The first-order chi connectivity index (χ1) is 9.42. The summed E-state index contributed by atoms with van der Waals surface area (Å²) in [6.07, 6.45) is 0.263. The highest BCUT2D eigenvalue weighted by molar-refractivity contribution is 6.31. The summed E-state index contributed by atoms with van der Waals surface area (Å²) in [6, 6.07) is 4.89. The van der Waals surface area contributed by atoms with Gasteiger partial charge < -0.3 is 16.4 Å². The van der Waals surface area contributed by atoms with Gasteiger partial charge >= 0.3 is 0 Å². The Morgan fingerprint density at radius 3 is 2.70 bits per heavy atom. The molecule has 0 saturated heterocycles. The maximum atomic E-state index is 11.8. The Bertz CT molecular complexity index is 493. The van der Waals surface area contributed by atoms with Crippen LogP contribution in [0.15, 0.2) is 18.2 Å². The molecular formula is C13H19ClN4O2. The molecule has 0 heterocycles. The van der Waals surface area contributed by atoms with Gasteiger partial charge in [0.15, 0.2) is 0 Å². The maximum absolute atomic E-state index is 11.8. The van der Waals surface area contributed by atoms with Gasteiger partial charge in [-0.25, -0.2) is 0 Å². The van der Waals surface area contributed by atoms with Crippen LogP contribution in [0.1, 0.15) is 6.42 Å². The van der Waals surface area contributed by atoms with Crippen LogP contribution in [0.3, 0.4) is 0 Å². The van der Waals surface area contributed by atoms with E-state index in [1.54, 1.807) is 37.2 Å². The summed E-state index contributed by atoms with van der Waals surface area (Å²) in [5, 5.41) is 5.73. The first-order valence-electron chi connectivity index (χ1n) is 6.16. The van der Waals surface area contributed by atoms with Crippen LogP contribution in [-0.2, 0) is 9.59 Å². The Morgan fingerprint density at radius 2 is 2.05 bits per heavy atom. The fraction of sp³-hybridized carbons (Fsp3) is 0.385. The minimum absolute atomic E-state index is 0.0907. The number of likely N-dealkylation sites (N-methyl/N-ethyl adjacent to an activating group) is 2. The topological polar surface area (TPSA) is 87.5 Å². The average molecular weight is 299 g/mol. The normalized spacial score (nSPS) is 10.4. The molecule has 0 fully saturated rings. The number of amides is 2. The zero-order valence-electron chi connectivity index (χ0n) is 11.6. The monoisotopic (exact) mass is 298 g/mol. The van der Waals surface area contributed by atoms with Crippen LogP contribution in [0.2, 0.25) is 5.02 Å². The standard InChI is InChI=1S/C13H19ClN4O2/c1-16-13(20)8-18(2)6-5-12(19)17-11-7-9(14)3-4-10(11)15/h3-4,7H,5-6,8,15H2,1-2H3,(H,16,20)(H,17,19). The molecule has 7 heteroatoms. The molecule has 1 aromatic rings. The number of hydrogen-bond donors (Lipinski definition) is 3. The van der Waals surface area contributed by atoms with Gasteiger partial charge in [-0.15, -0.1) is 0 Å². The number of nitrogens with zero attached hydrogens (tertiary/aromatic N) is 1. The zero-order chi connectivity index (χ0) is 15.1. The van der Waals surface area contributed by atoms with Gasteiger partial charge in [0.25, 0.3) is 0 Å². The molecule has 6 nitrogen and oxygen atoms in total. The number of carbonyl (C=O) groups excluding carboxylic acids is 2. The molecule has 0 saturated carbocycles. The number of nitrogen functional groups attached to an aromatic ring is 1. The highest BCUT2D eigenvalue weighted by Gasteiger charge is 2.09.